The second kappa shape index (κ2) is 7.43. The molecule has 26 heavy (non-hydrogen) atoms. The number of nitrogens with zero attached hydrogens (tertiary/aromatic N) is 1. The van der Waals surface area contributed by atoms with Gasteiger partial charge in [0.15, 0.2) is 0 Å². The van der Waals surface area contributed by atoms with Gasteiger partial charge >= 0.3 is 6.16 Å². The van der Waals surface area contributed by atoms with Crippen LogP contribution in [0.1, 0.15) is 30.9 Å². The van der Waals surface area contributed by atoms with Crippen LogP contribution in [0.5, 0.6) is 5.88 Å². The third kappa shape index (κ3) is 3.20. The zero-order valence-corrected chi connectivity index (χ0v) is 14.7. The van der Waals surface area contributed by atoms with Gasteiger partial charge < -0.3 is 19.5 Å². The first-order chi connectivity index (χ1) is 12.6. The molecule has 136 valence electrons. The van der Waals surface area contributed by atoms with Gasteiger partial charge in [-0.25, -0.2) is 14.2 Å². The second-order valence-electron chi connectivity index (χ2n) is 5.64. The number of rotatable bonds is 4. The largest absolute Gasteiger partial charge is 0.513 e. The molecule has 0 bridgehead atoms. The molecule has 0 fully saturated rings. The van der Waals surface area contributed by atoms with E-state index >= 15 is 0 Å². The number of anilines is 1. The van der Waals surface area contributed by atoms with Gasteiger partial charge in [-0.15, -0.1) is 0 Å². The van der Waals surface area contributed by atoms with Gasteiger partial charge in [-0.2, -0.15) is 0 Å². The maximum absolute atomic E-state index is 14.6. The summed E-state index contributed by atoms with van der Waals surface area (Å²) >= 11 is 0. The summed E-state index contributed by atoms with van der Waals surface area (Å²) in [5.74, 6) is -0.567. The van der Waals surface area contributed by atoms with Gasteiger partial charge in [0.2, 0.25) is 5.88 Å². The van der Waals surface area contributed by atoms with E-state index in [9.17, 15) is 9.18 Å². The van der Waals surface area contributed by atoms with Crippen molar-refractivity contribution in [2.75, 3.05) is 19.0 Å². The van der Waals surface area contributed by atoms with Crippen molar-refractivity contribution in [3.8, 4) is 5.88 Å². The molecule has 1 aromatic carbocycles. The Morgan fingerprint density at radius 3 is 2.77 bits per heavy atom. The summed E-state index contributed by atoms with van der Waals surface area (Å²) in [6.45, 7) is 3.60. The fraction of sp³-hybridized carbons (Fsp3) is 0.263. The Hall–Kier alpha value is -3.09. The maximum atomic E-state index is 14.6. The molecule has 3 rings (SSSR count). The summed E-state index contributed by atoms with van der Waals surface area (Å²) in [6.07, 6.45) is 0.740. The van der Waals surface area contributed by atoms with Crippen molar-refractivity contribution in [2.45, 2.75) is 19.8 Å². The molecule has 2 aromatic rings. The molecule has 1 aliphatic heterocycles. The molecular weight excluding hydrogens is 339 g/mol. The first-order valence-corrected chi connectivity index (χ1v) is 8.16. The number of benzene rings is 1. The molecule has 0 saturated heterocycles. The number of methoxy groups -OCH3 is 1. The smallest absolute Gasteiger partial charge is 0.481 e. The molecule has 1 atom stereocenters. The lowest BCUT2D eigenvalue weighted by Gasteiger charge is -2.30. The second-order valence-corrected chi connectivity index (χ2v) is 5.64. The number of hydrogen-bond donors (Lipinski definition) is 1. The van der Waals surface area contributed by atoms with E-state index in [-0.39, 0.29) is 12.4 Å². The number of carbonyl (C=O) groups is 1. The number of aromatic nitrogens is 1. The van der Waals surface area contributed by atoms with Crippen LogP contribution in [-0.2, 0) is 9.47 Å². The number of allylic oxidation sites excluding steroid dienone is 2. The van der Waals surface area contributed by atoms with E-state index in [4.69, 9.17) is 14.2 Å². The fourth-order valence-electron chi connectivity index (χ4n) is 2.99. The number of halogens is 1. The third-order valence-corrected chi connectivity index (χ3v) is 4.06. The van der Waals surface area contributed by atoms with Crippen LogP contribution >= 0.6 is 0 Å². The van der Waals surface area contributed by atoms with Gasteiger partial charge in [0, 0.05) is 17.4 Å². The lowest BCUT2D eigenvalue weighted by molar-refractivity contribution is 0.0775. The van der Waals surface area contributed by atoms with Crippen LogP contribution in [0, 0.1) is 5.82 Å². The zero-order chi connectivity index (χ0) is 18.7. The van der Waals surface area contributed by atoms with Gasteiger partial charge in [0.25, 0.3) is 0 Å². The van der Waals surface area contributed by atoms with E-state index in [0.717, 1.165) is 0 Å². The zero-order valence-electron chi connectivity index (χ0n) is 14.7. The first kappa shape index (κ1) is 17.7. The lowest BCUT2D eigenvalue weighted by Crippen LogP contribution is -2.23. The van der Waals surface area contributed by atoms with Crippen molar-refractivity contribution in [1.82, 2.24) is 4.98 Å². The summed E-state index contributed by atoms with van der Waals surface area (Å²) in [6, 6.07) is 8.08. The number of pyridine rings is 1. The van der Waals surface area contributed by atoms with Crippen LogP contribution < -0.4 is 10.1 Å². The molecule has 1 aliphatic rings. The first-order valence-electron chi connectivity index (χ1n) is 8.16. The Bertz CT molecular complexity index is 866. The molecule has 7 heteroatoms. The molecule has 1 unspecified atom stereocenters. The van der Waals surface area contributed by atoms with Crippen molar-refractivity contribution >= 4 is 11.8 Å². The van der Waals surface area contributed by atoms with Gasteiger partial charge in [-0.3, -0.25) is 0 Å². The van der Waals surface area contributed by atoms with Crippen molar-refractivity contribution in [2.24, 2.45) is 0 Å². The molecule has 2 heterocycles. The predicted octanol–water partition coefficient (Wildman–Crippen LogP) is 4.19. The van der Waals surface area contributed by atoms with Crippen LogP contribution in [0.15, 0.2) is 48.0 Å². The third-order valence-electron chi connectivity index (χ3n) is 4.06. The van der Waals surface area contributed by atoms with Crippen LogP contribution in [0.25, 0.3) is 0 Å². The summed E-state index contributed by atoms with van der Waals surface area (Å²) in [7, 11) is 1.48. The minimum absolute atomic E-state index is 0.171. The molecule has 0 aliphatic carbocycles. The molecule has 0 radical (unpaired) electrons. The monoisotopic (exact) mass is 358 g/mol. The fourth-order valence-corrected chi connectivity index (χ4v) is 2.99. The molecule has 1 aromatic heterocycles. The Labute approximate surface area is 150 Å². The van der Waals surface area contributed by atoms with Gasteiger partial charge in [-0.05, 0) is 26.0 Å². The Morgan fingerprint density at radius 2 is 2.08 bits per heavy atom. The summed E-state index contributed by atoms with van der Waals surface area (Å²) < 4.78 is 30.3. The highest BCUT2D eigenvalue weighted by atomic mass is 19.1. The average molecular weight is 358 g/mol. The predicted molar refractivity (Wildman–Crippen MR) is 93.5 cm³/mol. The molecule has 1 N–H and O–H groups in total. The number of nitrogens with one attached hydrogen (secondary N) is 1. The van der Waals surface area contributed by atoms with Crippen LogP contribution in [-0.4, -0.2) is 24.9 Å². The van der Waals surface area contributed by atoms with E-state index in [1.165, 1.54) is 13.2 Å². The highest BCUT2D eigenvalue weighted by molar-refractivity contribution is 5.70. The van der Waals surface area contributed by atoms with Crippen molar-refractivity contribution in [3.05, 3.63) is 64.9 Å². The molecule has 6 nitrogen and oxygen atoms in total. The van der Waals surface area contributed by atoms with Crippen LogP contribution in [0.3, 0.4) is 0 Å². The molecule has 0 spiro atoms. The van der Waals surface area contributed by atoms with Gasteiger partial charge in [-0.1, -0.05) is 18.2 Å². The number of carbonyl (C=O) groups excluding carboxylic acids is 1. The summed E-state index contributed by atoms with van der Waals surface area (Å²) in [5.41, 5.74) is 2.22. The summed E-state index contributed by atoms with van der Waals surface area (Å²) in [4.78, 5) is 16.1. The molecule has 0 amide bonds. The van der Waals surface area contributed by atoms with E-state index in [1.54, 1.807) is 44.3 Å². The number of fused-ring (bicyclic) bond motifs is 1. The van der Waals surface area contributed by atoms with E-state index in [0.29, 0.717) is 28.4 Å². The Balaban J connectivity index is 2.19. The van der Waals surface area contributed by atoms with Crippen molar-refractivity contribution < 1.29 is 23.4 Å². The maximum Gasteiger partial charge on any atom is 0.513 e. The summed E-state index contributed by atoms with van der Waals surface area (Å²) in [5, 5.41) is 3.16. The van der Waals surface area contributed by atoms with E-state index in [2.05, 4.69) is 10.3 Å². The number of ether oxygens (including phenoxy) is 3. The lowest BCUT2D eigenvalue weighted by atomic mass is 9.85. The Kier molecular flexibility index (Phi) is 5.06. The average Bonchev–Trinajstić information content (AvgIpc) is 2.63. The highest BCUT2D eigenvalue weighted by Gasteiger charge is 2.36. The minimum Gasteiger partial charge on any atom is -0.481 e. The van der Waals surface area contributed by atoms with Crippen LogP contribution in [0.2, 0.25) is 0 Å². The highest BCUT2D eigenvalue weighted by Crippen LogP contribution is 2.46. The van der Waals surface area contributed by atoms with Gasteiger partial charge in [0.1, 0.15) is 11.6 Å². The molecular formula is C19H19FN2O4. The van der Waals surface area contributed by atoms with E-state index < -0.39 is 17.9 Å². The topological polar surface area (TPSA) is 69.7 Å². The normalized spacial score (nSPS) is 15.8. The van der Waals surface area contributed by atoms with Gasteiger partial charge in [0.05, 0.1) is 30.9 Å². The molecule has 0 saturated carbocycles. The van der Waals surface area contributed by atoms with Crippen LogP contribution in [0.4, 0.5) is 14.9 Å². The SMILES string of the molecule is CCOC(=O)OC1=C(C)Nc2ccnc(OC)c2C1c1ccccc1F. The Morgan fingerprint density at radius 1 is 1.31 bits per heavy atom. The standard InChI is InChI=1S/C19H19FN2O4/c1-4-25-19(23)26-17-11(2)22-14-9-10-21-18(24-3)16(14)15(17)12-7-5-6-8-13(12)20/h5-10,15,22H,4H2,1-3H3. The minimum atomic E-state index is -0.851. The quantitative estimate of drug-likeness (QED) is 0.827. The van der Waals surface area contributed by atoms with Crippen molar-refractivity contribution in [3.63, 3.8) is 0 Å². The van der Waals surface area contributed by atoms with E-state index in [1.807, 2.05) is 0 Å². The number of hydrogen-bond acceptors (Lipinski definition) is 6. The van der Waals surface area contributed by atoms with Crippen molar-refractivity contribution in [1.29, 1.82) is 0 Å².